The number of aryl methyl sites for hydroxylation is 2. The Kier molecular flexibility index (Phi) is 3.26. The number of nitrogens with two attached hydrogens (primary N) is 1. The molecule has 2 N–H and O–H groups in total. The van der Waals surface area contributed by atoms with Crippen molar-refractivity contribution in [3.63, 3.8) is 0 Å². The third kappa shape index (κ3) is 2.31. The van der Waals surface area contributed by atoms with Crippen LogP contribution in [0, 0.1) is 13.8 Å². The maximum absolute atomic E-state index is 6.06. The van der Waals surface area contributed by atoms with Crippen LogP contribution in [0.5, 0.6) is 0 Å². The van der Waals surface area contributed by atoms with E-state index in [1.807, 2.05) is 24.3 Å². The smallest absolute Gasteiger partial charge is 0.0959 e. The van der Waals surface area contributed by atoms with E-state index in [0.717, 1.165) is 22.3 Å². The Bertz CT molecular complexity index is 809. The van der Waals surface area contributed by atoms with E-state index in [9.17, 15) is 0 Å². The molecule has 0 aliphatic rings. The maximum Gasteiger partial charge on any atom is 0.0959 e. The number of aromatic nitrogens is 1. The minimum absolute atomic E-state index is 0.760. The molecule has 1 aromatic heterocycles. The number of hydrogen-bond donors (Lipinski definition) is 1. The zero-order chi connectivity index (χ0) is 15.0. The van der Waals surface area contributed by atoms with Gasteiger partial charge in [0, 0.05) is 30.0 Å². The fourth-order valence-corrected chi connectivity index (χ4v) is 2.76. The highest BCUT2D eigenvalue weighted by atomic mass is 15.1. The SMILES string of the molecule is Cc1ccc(N(C)c2ccc(N)c3cccnc23)c(C)c1. The molecule has 0 saturated carbocycles. The van der Waals surface area contributed by atoms with Crippen LogP contribution < -0.4 is 10.6 Å². The van der Waals surface area contributed by atoms with Gasteiger partial charge in [-0.3, -0.25) is 4.98 Å². The van der Waals surface area contributed by atoms with Crippen LogP contribution in [-0.2, 0) is 0 Å². The van der Waals surface area contributed by atoms with E-state index in [1.165, 1.54) is 16.8 Å². The molecule has 106 valence electrons. The van der Waals surface area contributed by atoms with E-state index < -0.39 is 0 Å². The summed E-state index contributed by atoms with van der Waals surface area (Å²) < 4.78 is 0. The Hall–Kier alpha value is -2.55. The molecule has 0 bridgehead atoms. The van der Waals surface area contributed by atoms with Gasteiger partial charge in [-0.25, -0.2) is 0 Å². The molecule has 0 radical (unpaired) electrons. The highest BCUT2D eigenvalue weighted by molar-refractivity contribution is 5.99. The van der Waals surface area contributed by atoms with Crippen LogP contribution in [0.1, 0.15) is 11.1 Å². The Morgan fingerprint density at radius 2 is 1.76 bits per heavy atom. The number of pyridine rings is 1. The number of benzene rings is 2. The highest BCUT2D eigenvalue weighted by Crippen LogP contribution is 2.34. The number of hydrogen-bond acceptors (Lipinski definition) is 3. The molecule has 3 nitrogen and oxygen atoms in total. The highest BCUT2D eigenvalue weighted by Gasteiger charge is 2.12. The van der Waals surface area contributed by atoms with E-state index in [2.05, 4.69) is 49.0 Å². The summed E-state index contributed by atoms with van der Waals surface area (Å²) in [4.78, 5) is 6.68. The molecule has 2 aromatic carbocycles. The quantitative estimate of drug-likeness (QED) is 0.714. The van der Waals surface area contributed by atoms with Gasteiger partial charge in [-0.15, -0.1) is 0 Å². The van der Waals surface area contributed by atoms with Crippen LogP contribution in [-0.4, -0.2) is 12.0 Å². The molecule has 0 aliphatic carbocycles. The average molecular weight is 277 g/mol. The van der Waals surface area contributed by atoms with Crippen molar-refractivity contribution in [1.29, 1.82) is 0 Å². The average Bonchev–Trinajstić information content (AvgIpc) is 2.47. The summed E-state index contributed by atoms with van der Waals surface area (Å²) in [6.07, 6.45) is 1.81. The molecule has 0 atom stereocenters. The van der Waals surface area contributed by atoms with Gasteiger partial charge in [0.1, 0.15) is 0 Å². The number of rotatable bonds is 2. The molecule has 0 amide bonds. The van der Waals surface area contributed by atoms with Gasteiger partial charge in [0.2, 0.25) is 0 Å². The molecule has 21 heavy (non-hydrogen) atoms. The van der Waals surface area contributed by atoms with Crippen molar-refractivity contribution < 1.29 is 0 Å². The minimum atomic E-state index is 0.760. The second-order valence-electron chi connectivity index (χ2n) is 5.42. The fourth-order valence-electron chi connectivity index (χ4n) is 2.76. The van der Waals surface area contributed by atoms with E-state index in [-0.39, 0.29) is 0 Å². The van der Waals surface area contributed by atoms with E-state index in [4.69, 9.17) is 5.73 Å². The third-order valence-corrected chi connectivity index (χ3v) is 3.86. The topological polar surface area (TPSA) is 42.1 Å². The van der Waals surface area contributed by atoms with Crippen molar-refractivity contribution in [3.8, 4) is 0 Å². The number of fused-ring (bicyclic) bond motifs is 1. The van der Waals surface area contributed by atoms with Gasteiger partial charge < -0.3 is 10.6 Å². The summed E-state index contributed by atoms with van der Waals surface area (Å²) in [5.74, 6) is 0. The molecule has 1 heterocycles. The molecule has 0 spiro atoms. The standard InChI is InChI=1S/C18H19N3/c1-12-6-8-16(13(2)11-12)21(3)17-9-7-15(19)14-5-4-10-20-18(14)17/h4-11H,19H2,1-3H3. The van der Waals surface area contributed by atoms with Crippen LogP contribution in [0.4, 0.5) is 17.1 Å². The summed E-state index contributed by atoms with van der Waals surface area (Å²) in [5, 5.41) is 0.992. The zero-order valence-corrected chi connectivity index (χ0v) is 12.6. The van der Waals surface area contributed by atoms with E-state index >= 15 is 0 Å². The van der Waals surface area contributed by atoms with Gasteiger partial charge in [0.25, 0.3) is 0 Å². The second-order valence-corrected chi connectivity index (χ2v) is 5.42. The van der Waals surface area contributed by atoms with Crippen LogP contribution in [0.3, 0.4) is 0 Å². The van der Waals surface area contributed by atoms with Gasteiger partial charge in [-0.1, -0.05) is 17.7 Å². The Balaban J connectivity index is 2.18. The van der Waals surface area contributed by atoms with Gasteiger partial charge >= 0.3 is 0 Å². The van der Waals surface area contributed by atoms with Crippen molar-refractivity contribution >= 4 is 28.0 Å². The van der Waals surface area contributed by atoms with Gasteiger partial charge in [0.05, 0.1) is 11.2 Å². The lowest BCUT2D eigenvalue weighted by Gasteiger charge is -2.23. The van der Waals surface area contributed by atoms with Crippen molar-refractivity contribution in [2.75, 3.05) is 17.7 Å². The van der Waals surface area contributed by atoms with Crippen LogP contribution >= 0.6 is 0 Å². The number of anilines is 3. The van der Waals surface area contributed by atoms with Crippen LogP contribution in [0.15, 0.2) is 48.7 Å². The van der Waals surface area contributed by atoms with E-state index in [0.29, 0.717) is 0 Å². The zero-order valence-electron chi connectivity index (χ0n) is 12.6. The first-order valence-electron chi connectivity index (χ1n) is 7.02. The summed E-state index contributed by atoms with van der Waals surface area (Å²) in [5.41, 5.74) is 12.5. The lowest BCUT2D eigenvalue weighted by molar-refractivity contribution is 1.18. The van der Waals surface area contributed by atoms with Crippen molar-refractivity contribution in [2.45, 2.75) is 13.8 Å². The van der Waals surface area contributed by atoms with Gasteiger partial charge in [-0.05, 0) is 49.7 Å². The summed E-state index contributed by atoms with van der Waals surface area (Å²) in [7, 11) is 2.07. The van der Waals surface area contributed by atoms with Gasteiger partial charge in [-0.2, -0.15) is 0 Å². The Morgan fingerprint density at radius 3 is 2.52 bits per heavy atom. The Labute approximate surface area is 125 Å². The first kappa shape index (κ1) is 13.4. The molecular formula is C18H19N3. The largest absolute Gasteiger partial charge is 0.398 e. The Morgan fingerprint density at radius 1 is 1.00 bits per heavy atom. The summed E-state index contributed by atoms with van der Waals surface area (Å²) in [6.45, 7) is 4.24. The normalized spacial score (nSPS) is 10.8. The van der Waals surface area contributed by atoms with Crippen molar-refractivity contribution in [3.05, 3.63) is 59.8 Å². The molecule has 0 aliphatic heterocycles. The first-order valence-corrected chi connectivity index (χ1v) is 7.02. The van der Waals surface area contributed by atoms with Gasteiger partial charge in [0.15, 0.2) is 0 Å². The molecule has 3 rings (SSSR count). The lowest BCUT2D eigenvalue weighted by Crippen LogP contribution is -2.12. The first-order chi connectivity index (χ1) is 10.1. The molecule has 3 aromatic rings. The summed E-state index contributed by atoms with van der Waals surface area (Å²) >= 11 is 0. The van der Waals surface area contributed by atoms with E-state index in [1.54, 1.807) is 6.20 Å². The fraction of sp³-hybridized carbons (Fsp3) is 0.167. The number of nitrogen functional groups attached to an aromatic ring is 1. The summed E-state index contributed by atoms with van der Waals surface area (Å²) in [6, 6.07) is 14.4. The molecule has 0 unspecified atom stereocenters. The predicted molar refractivity (Wildman–Crippen MR) is 90.1 cm³/mol. The molecule has 0 fully saturated rings. The molecule has 3 heteroatoms. The van der Waals surface area contributed by atoms with Crippen LogP contribution in [0.2, 0.25) is 0 Å². The predicted octanol–water partition coefficient (Wildman–Crippen LogP) is 4.20. The van der Waals surface area contributed by atoms with Crippen molar-refractivity contribution in [2.24, 2.45) is 0 Å². The third-order valence-electron chi connectivity index (χ3n) is 3.86. The second kappa shape index (κ2) is 5.09. The monoisotopic (exact) mass is 277 g/mol. The molecular weight excluding hydrogens is 258 g/mol. The number of nitrogens with zero attached hydrogens (tertiary/aromatic N) is 2. The minimum Gasteiger partial charge on any atom is -0.398 e. The molecule has 0 saturated heterocycles. The lowest BCUT2D eigenvalue weighted by atomic mass is 10.1. The maximum atomic E-state index is 6.06. The van der Waals surface area contributed by atoms with Crippen LogP contribution in [0.25, 0.3) is 10.9 Å². The van der Waals surface area contributed by atoms with Crippen molar-refractivity contribution in [1.82, 2.24) is 4.98 Å².